The van der Waals surface area contributed by atoms with E-state index in [0.29, 0.717) is 17.5 Å². The molecule has 1 aromatic heterocycles. The third-order valence-corrected chi connectivity index (χ3v) is 4.77. The Morgan fingerprint density at radius 1 is 0.875 bits per heavy atom. The molecule has 0 amide bonds. The molecule has 0 unspecified atom stereocenters. The van der Waals surface area contributed by atoms with Crippen LogP contribution >= 0.6 is 0 Å². The van der Waals surface area contributed by atoms with Crippen molar-refractivity contribution in [3.63, 3.8) is 0 Å². The molecular formula is C21H31NO2. The molecular weight excluding hydrogens is 298 g/mol. The standard InChI is InChI=1S/C21H31NO2/c1-2-3-4-5-6-7-8-9-10-11-15-18-20(23)17-14-12-13-16-19(17)22-21(18)24/h12-14,16H,2-11,15H2,1H3,(H2,22,23,24). The van der Waals surface area contributed by atoms with E-state index in [1.54, 1.807) is 0 Å². The normalized spacial score (nSPS) is 11.2. The Balaban J connectivity index is 1.71. The van der Waals surface area contributed by atoms with Gasteiger partial charge in [0.2, 0.25) is 0 Å². The van der Waals surface area contributed by atoms with Crippen molar-refractivity contribution >= 4 is 10.9 Å². The van der Waals surface area contributed by atoms with Crippen molar-refractivity contribution in [1.82, 2.24) is 4.98 Å². The topological polar surface area (TPSA) is 53.1 Å². The second-order valence-corrected chi connectivity index (χ2v) is 6.76. The summed E-state index contributed by atoms with van der Waals surface area (Å²) in [5.74, 6) is 0.158. The Bertz CT molecular complexity index is 675. The van der Waals surface area contributed by atoms with Crippen molar-refractivity contribution < 1.29 is 5.11 Å². The number of hydrogen-bond donors (Lipinski definition) is 2. The first kappa shape index (κ1) is 18.6. The maximum Gasteiger partial charge on any atom is 0.255 e. The zero-order chi connectivity index (χ0) is 17.2. The molecule has 0 aliphatic heterocycles. The number of unbranched alkanes of at least 4 members (excludes halogenated alkanes) is 9. The lowest BCUT2D eigenvalue weighted by Crippen LogP contribution is -2.12. The first-order valence-electron chi connectivity index (χ1n) is 9.57. The Kier molecular flexibility index (Phi) is 7.87. The molecule has 1 aromatic carbocycles. The molecule has 0 fully saturated rings. The van der Waals surface area contributed by atoms with E-state index >= 15 is 0 Å². The summed E-state index contributed by atoms with van der Waals surface area (Å²) in [6, 6.07) is 7.41. The minimum Gasteiger partial charge on any atom is -0.507 e. The van der Waals surface area contributed by atoms with Crippen LogP contribution in [0.15, 0.2) is 29.1 Å². The molecule has 0 radical (unpaired) electrons. The molecule has 0 saturated carbocycles. The van der Waals surface area contributed by atoms with Gasteiger partial charge in [0.15, 0.2) is 0 Å². The van der Waals surface area contributed by atoms with Crippen LogP contribution in [0.2, 0.25) is 0 Å². The summed E-state index contributed by atoms with van der Waals surface area (Å²) in [5, 5.41) is 11.1. The maximum atomic E-state index is 12.1. The van der Waals surface area contributed by atoms with Crippen molar-refractivity contribution in [3.8, 4) is 5.75 Å². The van der Waals surface area contributed by atoms with Crippen LogP contribution < -0.4 is 5.56 Å². The summed E-state index contributed by atoms with van der Waals surface area (Å²) in [6.45, 7) is 2.25. The molecule has 0 aliphatic carbocycles. The number of pyridine rings is 1. The van der Waals surface area contributed by atoms with E-state index in [1.807, 2.05) is 24.3 Å². The van der Waals surface area contributed by atoms with Gasteiger partial charge in [-0.25, -0.2) is 0 Å². The minimum absolute atomic E-state index is 0.151. The van der Waals surface area contributed by atoms with Gasteiger partial charge in [-0.3, -0.25) is 4.79 Å². The maximum absolute atomic E-state index is 12.1. The summed E-state index contributed by atoms with van der Waals surface area (Å²) >= 11 is 0. The van der Waals surface area contributed by atoms with E-state index in [2.05, 4.69) is 11.9 Å². The largest absolute Gasteiger partial charge is 0.507 e. The lowest BCUT2D eigenvalue weighted by Gasteiger charge is -2.07. The van der Waals surface area contributed by atoms with Gasteiger partial charge in [-0.1, -0.05) is 76.8 Å². The number of aromatic hydroxyl groups is 1. The van der Waals surface area contributed by atoms with Crippen LogP contribution in [0.1, 0.15) is 76.7 Å². The van der Waals surface area contributed by atoms with Crippen LogP contribution in [0.4, 0.5) is 0 Å². The van der Waals surface area contributed by atoms with Crippen LogP contribution in [0.3, 0.4) is 0 Å². The van der Waals surface area contributed by atoms with Gasteiger partial charge in [0, 0.05) is 5.39 Å². The third kappa shape index (κ3) is 5.40. The Morgan fingerprint density at radius 2 is 1.46 bits per heavy atom. The second kappa shape index (κ2) is 10.2. The first-order valence-corrected chi connectivity index (χ1v) is 9.57. The number of aromatic nitrogens is 1. The average molecular weight is 329 g/mol. The molecule has 0 saturated heterocycles. The van der Waals surface area contributed by atoms with E-state index in [9.17, 15) is 9.90 Å². The van der Waals surface area contributed by atoms with E-state index in [-0.39, 0.29) is 11.3 Å². The molecule has 0 atom stereocenters. The Hall–Kier alpha value is -1.77. The highest BCUT2D eigenvalue weighted by Crippen LogP contribution is 2.25. The van der Waals surface area contributed by atoms with Crippen LogP contribution in [-0.4, -0.2) is 10.1 Å². The number of fused-ring (bicyclic) bond motifs is 1. The Morgan fingerprint density at radius 3 is 2.12 bits per heavy atom. The van der Waals surface area contributed by atoms with Gasteiger partial charge in [0.25, 0.3) is 5.56 Å². The summed E-state index contributed by atoms with van der Waals surface area (Å²) in [7, 11) is 0. The van der Waals surface area contributed by atoms with Crippen LogP contribution in [0, 0.1) is 0 Å². The van der Waals surface area contributed by atoms with Crippen molar-refractivity contribution in [2.45, 2.75) is 77.6 Å². The molecule has 0 bridgehead atoms. The van der Waals surface area contributed by atoms with Gasteiger partial charge in [0.1, 0.15) is 5.75 Å². The van der Waals surface area contributed by atoms with Crippen molar-refractivity contribution in [3.05, 3.63) is 40.2 Å². The number of benzene rings is 1. The number of para-hydroxylation sites is 1. The lowest BCUT2D eigenvalue weighted by molar-refractivity contribution is 0.470. The molecule has 3 nitrogen and oxygen atoms in total. The molecule has 2 N–H and O–H groups in total. The van der Waals surface area contributed by atoms with Gasteiger partial charge in [-0.15, -0.1) is 0 Å². The highest BCUT2D eigenvalue weighted by molar-refractivity contribution is 5.85. The molecule has 132 valence electrons. The monoisotopic (exact) mass is 329 g/mol. The quantitative estimate of drug-likeness (QED) is 0.520. The zero-order valence-electron chi connectivity index (χ0n) is 14.9. The highest BCUT2D eigenvalue weighted by atomic mass is 16.3. The van der Waals surface area contributed by atoms with Crippen molar-refractivity contribution in [2.24, 2.45) is 0 Å². The second-order valence-electron chi connectivity index (χ2n) is 6.76. The van der Waals surface area contributed by atoms with Gasteiger partial charge < -0.3 is 10.1 Å². The number of H-pyrrole nitrogens is 1. The van der Waals surface area contributed by atoms with Crippen LogP contribution in [-0.2, 0) is 6.42 Å². The fourth-order valence-electron chi connectivity index (χ4n) is 3.29. The predicted octanol–water partition coefficient (Wildman–Crippen LogP) is 5.70. The minimum atomic E-state index is -0.151. The van der Waals surface area contributed by atoms with Gasteiger partial charge in [-0.05, 0) is 25.0 Å². The number of hydrogen-bond acceptors (Lipinski definition) is 2. The summed E-state index contributed by atoms with van der Waals surface area (Å²) < 4.78 is 0. The average Bonchev–Trinajstić information content (AvgIpc) is 2.59. The number of aromatic amines is 1. The van der Waals surface area contributed by atoms with Crippen LogP contribution in [0.25, 0.3) is 10.9 Å². The van der Waals surface area contributed by atoms with Gasteiger partial charge >= 0.3 is 0 Å². The molecule has 24 heavy (non-hydrogen) atoms. The SMILES string of the molecule is CCCCCCCCCCCCc1c(O)c2ccccc2[nH]c1=O. The van der Waals surface area contributed by atoms with E-state index < -0.39 is 0 Å². The number of rotatable bonds is 11. The zero-order valence-corrected chi connectivity index (χ0v) is 14.9. The molecule has 0 spiro atoms. The highest BCUT2D eigenvalue weighted by Gasteiger charge is 2.10. The van der Waals surface area contributed by atoms with E-state index in [1.165, 1.54) is 51.4 Å². The van der Waals surface area contributed by atoms with Gasteiger partial charge in [-0.2, -0.15) is 0 Å². The van der Waals surface area contributed by atoms with Gasteiger partial charge in [0.05, 0.1) is 11.1 Å². The molecule has 1 heterocycles. The Labute approximate surface area is 145 Å². The van der Waals surface area contributed by atoms with Crippen molar-refractivity contribution in [2.75, 3.05) is 0 Å². The lowest BCUT2D eigenvalue weighted by atomic mass is 10.0. The fourth-order valence-corrected chi connectivity index (χ4v) is 3.29. The van der Waals surface area contributed by atoms with E-state index in [0.717, 1.165) is 18.2 Å². The van der Waals surface area contributed by atoms with Crippen LogP contribution in [0.5, 0.6) is 5.75 Å². The molecule has 3 heteroatoms. The third-order valence-electron chi connectivity index (χ3n) is 4.77. The summed E-state index contributed by atoms with van der Waals surface area (Å²) in [4.78, 5) is 15.0. The molecule has 2 aromatic rings. The van der Waals surface area contributed by atoms with Crippen molar-refractivity contribution in [1.29, 1.82) is 0 Å². The molecule has 2 rings (SSSR count). The predicted molar refractivity (Wildman–Crippen MR) is 102 cm³/mol. The smallest absolute Gasteiger partial charge is 0.255 e. The number of nitrogens with one attached hydrogen (secondary N) is 1. The summed E-state index contributed by atoms with van der Waals surface area (Å²) in [5.41, 5.74) is 1.09. The molecule has 0 aliphatic rings. The first-order chi connectivity index (χ1) is 11.7. The van der Waals surface area contributed by atoms with E-state index in [4.69, 9.17) is 0 Å². The fraction of sp³-hybridized carbons (Fsp3) is 0.571. The summed E-state index contributed by atoms with van der Waals surface area (Å²) in [6.07, 6.45) is 13.3.